The van der Waals surface area contributed by atoms with Gasteiger partial charge in [-0.3, -0.25) is 9.69 Å². The summed E-state index contributed by atoms with van der Waals surface area (Å²) in [5.74, 6) is 0.121. The second kappa shape index (κ2) is 6.41. The van der Waals surface area contributed by atoms with E-state index in [9.17, 15) is 4.79 Å². The summed E-state index contributed by atoms with van der Waals surface area (Å²) in [6, 6.07) is 7.48. The molecule has 0 bridgehead atoms. The van der Waals surface area contributed by atoms with Crippen LogP contribution in [0.2, 0.25) is 0 Å². The van der Waals surface area contributed by atoms with Gasteiger partial charge in [-0.25, -0.2) is 4.98 Å². The molecular formula is C14H15BrN2OS. The maximum Gasteiger partial charge on any atom is 0.176 e. The number of Topliss-reactive ketones (excluding diaryl/α,β-unsaturated/α-hetero) is 1. The minimum Gasteiger partial charge on any atom is -0.293 e. The quantitative estimate of drug-likeness (QED) is 0.782. The molecule has 0 aliphatic carbocycles. The summed E-state index contributed by atoms with van der Waals surface area (Å²) < 4.78 is 0.927. The molecule has 0 radical (unpaired) electrons. The Labute approximate surface area is 125 Å². The predicted molar refractivity (Wildman–Crippen MR) is 81.7 cm³/mol. The number of carbonyl (C=O) groups is 1. The lowest BCUT2D eigenvalue weighted by atomic mass is 10.1. The van der Waals surface area contributed by atoms with Crippen molar-refractivity contribution in [3.8, 4) is 0 Å². The Morgan fingerprint density at radius 2 is 2.26 bits per heavy atom. The highest BCUT2D eigenvalue weighted by molar-refractivity contribution is 9.10. The van der Waals surface area contributed by atoms with E-state index in [0.29, 0.717) is 13.1 Å². The van der Waals surface area contributed by atoms with E-state index in [4.69, 9.17) is 0 Å². The van der Waals surface area contributed by atoms with Crippen LogP contribution >= 0.6 is 27.3 Å². The molecule has 1 aromatic heterocycles. The maximum absolute atomic E-state index is 12.1. The number of benzene rings is 1. The van der Waals surface area contributed by atoms with E-state index in [1.807, 2.05) is 48.5 Å². The van der Waals surface area contributed by atoms with Crippen LogP contribution < -0.4 is 0 Å². The van der Waals surface area contributed by atoms with Gasteiger partial charge < -0.3 is 0 Å². The van der Waals surface area contributed by atoms with Crippen molar-refractivity contribution in [3.63, 3.8) is 0 Å². The number of likely N-dealkylation sites (N-methyl/N-ethyl adjacent to an activating group) is 1. The molecule has 0 N–H and O–H groups in total. The molecule has 0 saturated heterocycles. The van der Waals surface area contributed by atoms with E-state index in [2.05, 4.69) is 20.9 Å². The highest BCUT2D eigenvalue weighted by atomic mass is 79.9. The molecule has 3 nitrogen and oxygen atoms in total. The van der Waals surface area contributed by atoms with Gasteiger partial charge in [0.25, 0.3) is 0 Å². The lowest BCUT2D eigenvalue weighted by molar-refractivity contribution is 0.0942. The smallest absolute Gasteiger partial charge is 0.176 e. The fraction of sp³-hybridized carbons (Fsp3) is 0.286. The Hall–Kier alpha value is -1.04. The lowest BCUT2D eigenvalue weighted by Gasteiger charge is -2.14. The molecule has 0 aliphatic heterocycles. The first kappa shape index (κ1) is 14.4. The van der Waals surface area contributed by atoms with E-state index in [-0.39, 0.29) is 5.78 Å². The second-order valence-corrected chi connectivity index (χ2v) is 6.44. The molecule has 1 heterocycles. The fourth-order valence-electron chi connectivity index (χ4n) is 1.81. The Bertz CT molecular complexity index is 582. The molecule has 2 aromatic rings. The number of carbonyl (C=O) groups excluding carboxylic acids is 1. The number of rotatable bonds is 5. The van der Waals surface area contributed by atoms with Crippen LogP contribution in [-0.4, -0.2) is 29.3 Å². The summed E-state index contributed by atoms with van der Waals surface area (Å²) in [5, 5.41) is 3.09. The van der Waals surface area contributed by atoms with Gasteiger partial charge in [0.15, 0.2) is 5.78 Å². The third kappa shape index (κ3) is 4.23. The molecule has 19 heavy (non-hydrogen) atoms. The van der Waals surface area contributed by atoms with Crippen LogP contribution in [0.15, 0.2) is 34.1 Å². The van der Waals surface area contributed by atoms with Gasteiger partial charge in [-0.2, -0.15) is 0 Å². The van der Waals surface area contributed by atoms with Crippen molar-refractivity contribution in [2.45, 2.75) is 13.5 Å². The molecule has 2 rings (SSSR count). The van der Waals surface area contributed by atoms with E-state index < -0.39 is 0 Å². The van der Waals surface area contributed by atoms with Gasteiger partial charge in [-0.1, -0.05) is 28.1 Å². The van der Waals surface area contributed by atoms with E-state index in [0.717, 1.165) is 20.7 Å². The van der Waals surface area contributed by atoms with Gasteiger partial charge in [0, 0.05) is 22.0 Å². The van der Waals surface area contributed by atoms with Gasteiger partial charge in [0.05, 0.1) is 17.2 Å². The highest BCUT2D eigenvalue weighted by Crippen LogP contribution is 2.13. The SMILES string of the molecule is Cc1nc(CN(C)CC(=O)c2cccc(Br)c2)cs1. The molecule has 0 saturated carbocycles. The number of nitrogens with zero attached hydrogens (tertiary/aromatic N) is 2. The third-order valence-corrected chi connectivity index (χ3v) is 3.97. The standard InChI is InChI=1S/C14H15BrN2OS/c1-10-16-13(9-19-10)7-17(2)8-14(18)11-4-3-5-12(15)6-11/h3-6,9H,7-8H2,1-2H3. The van der Waals surface area contributed by atoms with E-state index >= 15 is 0 Å². The highest BCUT2D eigenvalue weighted by Gasteiger charge is 2.11. The molecule has 0 spiro atoms. The number of halogens is 1. The zero-order chi connectivity index (χ0) is 13.8. The summed E-state index contributed by atoms with van der Waals surface area (Å²) in [4.78, 5) is 18.5. The first-order valence-corrected chi connectivity index (χ1v) is 7.60. The number of ketones is 1. The average Bonchev–Trinajstić information content (AvgIpc) is 2.74. The molecule has 5 heteroatoms. The molecule has 0 aliphatic rings. The Morgan fingerprint density at radius 3 is 2.89 bits per heavy atom. The fourth-order valence-corrected chi connectivity index (χ4v) is 2.81. The monoisotopic (exact) mass is 338 g/mol. The Balaban J connectivity index is 1.95. The zero-order valence-electron chi connectivity index (χ0n) is 10.9. The van der Waals surface area contributed by atoms with Crippen LogP contribution in [0.25, 0.3) is 0 Å². The van der Waals surface area contributed by atoms with Gasteiger partial charge in [-0.15, -0.1) is 11.3 Å². The molecule has 100 valence electrons. The number of thiazole rings is 1. The summed E-state index contributed by atoms with van der Waals surface area (Å²) >= 11 is 5.01. The molecule has 0 amide bonds. The van der Waals surface area contributed by atoms with Crippen molar-refractivity contribution in [1.29, 1.82) is 0 Å². The molecule has 0 unspecified atom stereocenters. The largest absolute Gasteiger partial charge is 0.293 e. The summed E-state index contributed by atoms with van der Waals surface area (Å²) in [6.45, 7) is 3.08. The number of hydrogen-bond acceptors (Lipinski definition) is 4. The van der Waals surface area contributed by atoms with Crippen molar-refractivity contribution >= 4 is 33.0 Å². The molecule has 0 fully saturated rings. The summed E-state index contributed by atoms with van der Waals surface area (Å²) in [7, 11) is 1.94. The lowest BCUT2D eigenvalue weighted by Crippen LogP contribution is -2.25. The van der Waals surface area contributed by atoms with Crippen LogP contribution in [-0.2, 0) is 6.54 Å². The van der Waals surface area contributed by atoms with Gasteiger partial charge in [-0.05, 0) is 26.1 Å². The van der Waals surface area contributed by atoms with Crippen LogP contribution in [0.5, 0.6) is 0 Å². The minimum absolute atomic E-state index is 0.121. The van der Waals surface area contributed by atoms with Crippen molar-refractivity contribution in [2.75, 3.05) is 13.6 Å². The van der Waals surface area contributed by atoms with Gasteiger partial charge >= 0.3 is 0 Å². The Morgan fingerprint density at radius 1 is 1.47 bits per heavy atom. The first-order valence-electron chi connectivity index (χ1n) is 5.93. The van der Waals surface area contributed by atoms with Crippen molar-refractivity contribution in [3.05, 3.63) is 50.4 Å². The maximum atomic E-state index is 12.1. The van der Waals surface area contributed by atoms with Crippen molar-refractivity contribution in [1.82, 2.24) is 9.88 Å². The summed E-state index contributed by atoms with van der Waals surface area (Å²) in [5.41, 5.74) is 1.75. The van der Waals surface area contributed by atoms with E-state index in [1.54, 1.807) is 11.3 Å². The number of aromatic nitrogens is 1. The van der Waals surface area contributed by atoms with Crippen LogP contribution in [0.4, 0.5) is 0 Å². The number of aryl methyl sites for hydroxylation is 1. The molecule has 0 atom stereocenters. The van der Waals surface area contributed by atoms with Crippen molar-refractivity contribution < 1.29 is 4.79 Å². The van der Waals surface area contributed by atoms with E-state index in [1.165, 1.54) is 0 Å². The first-order chi connectivity index (χ1) is 9.04. The van der Waals surface area contributed by atoms with Gasteiger partial charge in [0.1, 0.15) is 0 Å². The number of hydrogen-bond donors (Lipinski definition) is 0. The third-order valence-electron chi connectivity index (χ3n) is 2.66. The van der Waals surface area contributed by atoms with Crippen molar-refractivity contribution in [2.24, 2.45) is 0 Å². The second-order valence-electron chi connectivity index (χ2n) is 4.46. The van der Waals surface area contributed by atoms with Crippen LogP contribution in [0, 0.1) is 6.92 Å². The van der Waals surface area contributed by atoms with Gasteiger partial charge in [0.2, 0.25) is 0 Å². The predicted octanol–water partition coefficient (Wildman–Crippen LogP) is 3.53. The van der Waals surface area contributed by atoms with Crippen LogP contribution in [0.3, 0.4) is 0 Å². The zero-order valence-corrected chi connectivity index (χ0v) is 13.3. The molecular weight excluding hydrogens is 324 g/mol. The molecule has 1 aromatic carbocycles. The normalized spacial score (nSPS) is 10.9. The van der Waals surface area contributed by atoms with Crippen LogP contribution in [0.1, 0.15) is 21.1 Å². The average molecular weight is 339 g/mol. The minimum atomic E-state index is 0.121. The summed E-state index contributed by atoms with van der Waals surface area (Å²) in [6.07, 6.45) is 0. The Kier molecular flexibility index (Phi) is 4.85. The topological polar surface area (TPSA) is 33.2 Å².